The van der Waals surface area contributed by atoms with Gasteiger partial charge in [0.1, 0.15) is 0 Å². The Morgan fingerprint density at radius 1 is 1.38 bits per heavy atom. The normalized spacial score (nSPS) is 18.1. The maximum absolute atomic E-state index is 12.1. The molecule has 5 heteroatoms. The number of carbonyl (C=O) groups is 1. The average molecular weight is 313 g/mol. The number of carbonyl (C=O) groups excluding carboxylic acids is 1. The molecule has 0 radical (unpaired) electrons. The Hall–Kier alpha value is -1.10. The number of hydrogen-bond acceptors (Lipinski definition) is 3. The Morgan fingerprint density at radius 2 is 2.10 bits per heavy atom. The van der Waals surface area contributed by atoms with Gasteiger partial charge < -0.3 is 15.4 Å². The van der Waals surface area contributed by atoms with Crippen LogP contribution in [0.25, 0.3) is 0 Å². The van der Waals surface area contributed by atoms with E-state index in [2.05, 4.69) is 10.6 Å². The summed E-state index contributed by atoms with van der Waals surface area (Å²) in [6, 6.07) is 7.89. The number of hydrogen-bond donors (Lipinski definition) is 2. The van der Waals surface area contributed by atoms with Crippen molar-refractivity contribution in [3.8, 4) is 0 Å². The highest BCUT2D eigenvalue weighted by Crippen LogP contribution is 2.08. The molecule has 0 aromatic heterocycles. The topological polar surface area (TPSA) is 50.4 Å². The second-order valence-electron chi connectivity index (χ2n) is 5.57. The monoisotopic (exact) mass is 312 g/mol. The van der Waals surface area contributed by atoms with Crippen molar-refractivity contribution in [2.24, 2.45) is 0 Å². The largest absolute Gasteiger partial charge is 0.374 e. The predicted octanol–water partition coefficient (Wildman–Crippen LogP) is 2.52. The molecule has 1 saturated heterocycles. The maximum atomic E-state index is 12.1. The van der Waals surface area contributed by atoms with Gasteiger partial charge in [0.2, 0.25) is 0 Å². The standard InChI is InChI=1S/C16H24N2O2.ClH/c1-12(2)20-11-13-5-7-14(8-6-13)16(19)18-15-4-3-9-17-10-15;/h5-8,12,15,17H,3-4,9-11H2,1-2H3,(H,18,19);1H/t15-;/m0./s1. The van der Waals surface area contributed by atoms with Crippen LogP contribution in [-0.2, 0) is 11.3 Å². The number of piperidine rings is 1. The minimum absolute atomic E-state index is 0. The molecule has 4 nitrogen and oxygen atoms in total. The lowest BCUT2D eigenvalue weighted by Crippen LogP contribution is -2.45. The van der Waals surface area contributed by atoms with E-state index in [4.69, 9.17) is 4.74 Å². The summed E-state index contributed by atoms with van der Waals surface area (Å²) >= 11 is 0. The summed E-state index contributed by atoms with van der Waals surface area (Å²) in [7, 11) is 0. The average Bonchev–Trinajstić information content (AvgIpc) is 2.46. The van der Waals surface area contributed by atoms with Gasteiger partial charge in [0.15, 0.2) is 0 Å². The smallest absolute Gasteiger partial charge is 0.251 e. The lowest BCUT2D eigenvalue weighted by Gasteiger charge is -2.23. The van der Waals surface area contributed by atoms with E-state index in [0.29, 0.717) is 12.2 Å². The van der Waals surface area contributed by atoms with Crippen LogP contribution in [0, 0.1) is 0 Å². The molecule has 1 fully saturated rings. The SMILES string of the molecule is CC(C)OCc1ccc(C(=O)N[C@H]2CCCNC2)cc1.Cl. The summed E-state index contributed by atoms with van der Waals surface area (Å²) in [6.07, 6.45) is 2.40. The summed E-state index contributed by atoms with van der Waals surface area (Å²) in [6.45, 7) is 6.54. The number of benzene rings is 1. The summed E-state index contributed by atoms with van der Waals surface area (Å²) in [4.78, 5) is 12.1. The van der Waals surface area contributed by atoms with Gasteiger partial charge >= 0.3 is 0 Å². The van der Waals surface area contributed by atoms with Gasteiger partial charge in [-0.05, 0) is 50.9 Å². The number of ether oxygens (including phenoxy) is 1. The van der Waals surface area contributed by atoms with Gasteiger partial charge in [0.25, 0.3) is 5.91 Å². The molecule has 118 valence electrons. The molecule has 1 amide bonds. The maximum Gasteiger partial charge on any atom is 0.251 e. The Morgan fingerprint density at radius 3 is 2.67 bits per heavy atom. The number of amides is 1. The van der Waals surface area contributed by atoms with Crippen LogP contribution in [0.2, 0.25) is 0 Å². The van der Waals surface area contributed by atoms with E-state index >= 15 is 0 Å². The van der Waals surface area contributed by atoms with Crippen LogP contribution in [0.5, 0.6) is 0 Å². The Balaban J connectivity index is 0.00000220. The zero-order valence-corrected chi connectivity index (χ0v) is 13.5. The zero-order valence-electron chi connectivity index (χ0n) is 12.7. The molecule has 1 aliphatic rings. The van der Waals surface area contributed by atoms with E-state index < -0.39 is 0 Å². The van der Waals surface area contributed by atoms with Gasteiger partial charge in [-0.25, -0.2) is 0 Å². The van der Waals surface area contributed by atoms with Gasteiger partial charge in [0, 0.05) is 18.2 Å². The molecule has 0 saturated carbocycles. The number of halogens is 1. The van der Waals surface area contributed by atoms with Crippen LogP contribution >= 0.6 is 12.4 Å². The minimum atomic E-state index is 0. The Bertz CT molecular complexity index is 428. The van der Waals surface area contributed by atoms with Crippen LogP contribution in [0.3, 0.4) is 0 Å². The fraction of sp³-hybridized carbons (Fsp3) is 0.562. The second-order valence-corrected chi connectivity index (χ2v) is 5.57. The van der Waals surface area contributed by atoms with Crippen molar-refractivity contribution in [2.45, 2.75) is 45.4 Å². The molecule has 1 heterocycles. The molecule has 0 bridgehead atoms. The van der Waals surface area contributed by atoms with Gasteiger partial charge in [-0.15, -0.1) is 12.4 Å². The van der Waals surface area contributed by atoms with Crippen molar-refractivity contribution in [2.75, 3.05) is 13.1 Å². The molecule has 2 N–H and O–H groups in total. The molecule has 2 rings (SSSR count). The molecule has 1 aliphatic heterocycles. The third kappa shape index (κ3) is 6.04. The van der Waals surface area contributed by atoms with Crippen LogP contribution in [0.15, 0.2) is 24.3 Å². The zero-order chi connectivity index (χ0) is 14.4. The van der Waals surface area contributed by atoms with Gasteiger partial charge in [-0.3, -0.25) is 4.79 Å². The number of rotatable bonds is 5. The van der Waals surface area contributed by atoms with Gasteiger partial charge in [-0.2, -0.15) is 0 Å². The second kappa shape index (κ2) is 9.03. The third-order valence-corrected chi connectivity index (χ3v) is 3.43. The highest BCUT2D eigenvalue weighted by atomic mass is 35.5. The van der Waals surface area contributed by atoms with E-state index in [1.807, 2.05) is 38.1 Å². The summed E-state index contributed by atoms with van der Waals surface area (Å²) in [5.74, 6) is 0.00929. The van der Waals surface area contributed by atoms with E-state index in [-0.39, 0.29) is 30.5 Å². The van der Waals surface area contributed by atoms with Crippen LogP contribution in [-0.4, -0.2) is 31.1 Å². The van der Waals surface area contributed by atoms with E-state index in [0.717, 1.165) is 31.5 Å². The highest BCUT2D eigenvalue weighted by molar-refractivity contribution is 5.94. The van der Waals surface area contributed by atoms with Crippen molar-refractivity contribution >= 4 is 18.3 Å². The fourth-order valence-electron chi connectivity index (χ4n) is 2.26. The van der Waals surface area contributed by atoms with Crippen molar-refractivity contribution in [3.05, 3.63) is 35.4 Å². The van der Waals surface area contributed by atoms with Crippen molar-refractivity contribution in [3.63, 3.8) is 0 Å². The molecule has 1 aromatic carbocycles. The molecule has 1 atom stereocenters. The van der Waals surface area contributed by atoms with Crippen LogP contribution in [0.1, 0.15) is 42.6 Å². The Labute approximate surface area is 133 Å². The van der Waals surface area contributed by atoms with Gasteiger partial charge in [0.05, 0.1) is 12.7 Å². The molecular formula is C16H25ClN2O2. The predicted molar refractivity (Wildman–Crippen MR) is 87.0 cm³/mol. The van der Waals surface area contributed by atoms with Crippen molar-refractivity contribution in [1.82, 2.24) is 10.6 Å². The fourth-order valence-corrected chi connectivity index (χ4v) is 2.26. The first kappa shape index (κ1) is 18.0. The van der Waals surface area contributed by atoms with E-state index in [9.17, 15) is 4.79 Å². The lowest BCUT2D eigenvalue weighted by atomic mass is 10.1. The third-order valence-electron chi connectivity index (χ3n) is 3.43. The van der Waals surface area contributed by atoms with Crippen LogP contribution < -0.4 is 10.6 Å². The first-order chi connectivity index (χ1) is 9.65. The molecule has 0 unspecified atom stereocenters. The van der Waals surface area contributed by atoms with Crippen LogP contribution in [0.4, 0.5) is 0 Å². The Kier molecular flexibility index (Phi) is 7.72. The first-order valence-corrected chi connectivity index (χ1v) is 7.37. The van der Waals surface area contributed by atoms with E-state index in [1.54, 1.807) is 0 Å². The quantitative estimate of drug-likeness (QED) is 0.878. The lowest BCUT2D eigenvalue weighted by molar-refractivity contribution is 0.0656. The minimum Gasteiger partial charge on any atom is -0.374 e. The number of nitrogens with one attached hydrogen (secondary N) is 2. The summed E-state index contributed by atoms with van der Waals surface area (Å²) < 4.78 is 5.54. The molecule has 21 heavy (non-hydrogen) atoms. The molecule has 0 spiro atoms. The molecule has 0 aliphatic carbocycles. The first-order valence-electron chi connectivity index (χ1n) is 7.37. The van der Waals surface area contributed by atoms with Gasteiger partial charge in [-0.1, -0.05) is 12.1 Å². The van der Waals surface area contributed by atoms with Crippen molar-refractivity contribution in [1.29, 1.82) is 0 Å². The molecule has 1 aromatic rings. The van der Waals surface area contributed by atoms with E-state index in [1.165, 1.54) is 0 Å². The highest BCUT2D eigenvalue weighted by Gasteiger charge is 2.16. The summed E-state index contributed by atoms with van der Waals surface area (Å²) in [5, 5.41) is 6.37. The van der Waals surface area contributed by atoms with Crippen molar-refractivity contribution < 1.29 is 9.53 Å². The summed E-state index contributed by atoms with van der Waals surface area (Å²) in [5.41, 5.74) is 1.80. The molecular weight excluding hydrogens is 288 g/mol.